The highest BCUT2D eigenvalue weighted by molar-refractivity contribution is 5.98. The second-order valence-corrected chi connectivity index (χ2v) is 6.39. The zero-order valence-corrected chi connectivity index (χ0v) is 16.0. The number of hydrogen-bond donors (Lipinski definition) is 1. The van der Waals surface area contributed by atoms with E-state index in [2.05, 4.69) is 5.32 Å². The smallest absolute Gasteiger partial charge is 0.418 e. The first-order valence-corrected chi connectivity index (χ1v) is 9.10. The Morgan fingerprint density at radius 2 is 1.87 bits per heavy atom. The third-order valence-electron chi connectivity index (χ3n) is 4.35. The van der Waals surface area contributed by atoms with Crippen LogP contribution < -0.4 is 14.8 Å². The lowest BCUT2D eigenvalue weighted by atomic mass is 10.1. The Hall–Kier alpha value is -3.49. The third-order valence-corrected chi connectivity index (χ3v) is 4.35. The largest absolute Gasteiger partial charge is 0.454 e. The van der Waals surface area contributed by atoms with Gasteiger partial charge in [0.25, 0.3) is 0 Å². The van der Waals surface area contributed by atoms with Crippen LogP contribution in [0.1, 0.15) is 18.1 Å². The van der Waals surface area contributed by atoms with Gasteiger partial charge in [0, 0.05) is 12.6 Å². The number of amides is 2. The number of likely N-dealkylation sites (N-methyl/N-ethyl adjacent to an activating group) is 1. The summed E-state index contributed by atoms with van der Waals surface area (Å²) in [6.45, 7) is 1.63. The Kier molecular flexibility index (Phi) is 6.29. The minimum Gasteiger partial charge on any atom is -0.454 e. The van der Waals surface area contributed by atoms with Gasteiger partial charge in [-0.15, -0.1) is 0 Å². The van der Waals surface area contributed by atoms with Crippen molar-refractivity contribution in [3.63, 3.8) is 0 Å². The predicted molar refractivity (Wildman–Crippen MR) is 104 cm³/mol. The molecule has 9 heteroatoms. The van der Waals surface area contributed by atoms with Gasteiger partial charge in [0.05, 0.1) is 11.3 Å². The van der Waals surface area contributed by atoms with Gasteiger partial charge in [-0.05, 0) is 42.8 Å². The molecule has 0 bridgehead atoms. The van der Waals surface area contributed by atoms with E-state index in [-0.39, 0.29) is 25.6 Å². The molecule has 158 valence electrons. The summed E-state index contributed by atoms with van der Waals surface area (Å²) >= 11 is 0. The lowest BCUT2D eigenvalue weighted by Crippen LogP contribution is -2.37. The summed E-state index contributed by atoms with van der Waals surface area (Å²) in [5, 5.41) is 2.23. The fraction of sp³-hybridized carbons (Fsp3) is 0.238. The number of rotatable bonds is 6. The van der Waals surface area contributed by atoms with Crippen LogP contribution in [0.25, 0.3) is 6.08 Å². The SMILES string of the molecule is CCN(CC(=O)Nc1ccccc1C(F)(F)F)C(=O)/C=C/c1ccc2c(c1)OCO2. The van der Waals surface area contributed by atoms with Crippen molar-refractivity contribution >= 4 is 23.6 Å². The molecular formula is C21H19F3N2O4. The molecule has 1 aliphatic rings. The molecule has 1 N–H and O–H groups in total. The quantitative estimate of drug-likeness (QED) is 0.719. The maximum Gasteiger partial charge on any atom is 0.418 e. The van der Waals surface area contributed by atoms with Crippen molar-refractivity contribution in [2.24, 2.45) is 0 Å². The number of hydrogen-bond acceptors (Lipinski definition) is 4. The van der Waals surface area contributed by atoms with E-state index in [4.69, 9.17) is 9.47 Å². The van der Waals surface area contributed by atoms with E-state index in [1.807, 2.05) is 0 Å². The monoisotopic (exact) mass is 420 g/mol. The van der Waals surface area contributed by atoms with Gasteiger partial charge in [-0.3, -0.25) is 9.59 Å². The first kappa shape index (κ1) is 21.2. The van der Waals surface area contributed by atoms with Gasteiger partial charge in [-0.1, -0.05) is 18.2 Å². The number of carbonyl (C=O) groups excluding carboxylic acids is 2. The molecular weight excluding hydrogens is 401 g/mol. The summed E-state index contributed by atoms with van der Waals surface area (Å²) < 4.78 is 49.7. The molecule has 2 aromatic carbocycles. The number of para-hydroxylation sites is 1. The van der Waals surface area contributed by atoms with E-state index in [0.29, 0.717) is 17.1 Å². The lowest BCUT2D eigenvalue weighted by Gasteiger charge is -2.19. The summed E-state index contributed by atoms with van der Waals surface area (Å²) in [5.41, 5.74) is -0.600. The summed E-state index contributed by atoms with van der Waals surface area (Å²) in [6, 6.07) is 9.85. The molecule has 1 aliphatic heterocycles. The van der Waals surface area contributed by atoms with Crippen LogP contribution in [0.3, 0.4) is 0 Å². The summed E-state index contributed by atoms with van der Waals surface area (Å²) in [5.74, 6) is 0.0110. The molecule has 30 heavy (non-hydrogen) atoms. The molecule has 0 unspecified atom stereocenters. The minimum absolute atomic E-state index is 0.137. The third kappa shape index (κ3) is 5.11. The van der Waals surface area contributed by atoms with Crippen LogP contribution in [0.2, 0.25) is 0 Å². The van der Waals surface area contributed by atoms with Crippen LogP contribution in [-0.4, -0.2) is 36.6 Å². The number of nitrogens with one attached hydrogen (secondary N) is 1. The number of benzene rings is 2. The minimum atomic E-state index is -4.60. The van der Waals surface area contributed by atoms with Crippen LogP contribution >= 0.6 is 0 Å². The average Bonchev–Trinajstić information content (AvgIpc) is 3.17. The second kappa shape index (κ2) is 8.89. The van der Waals surface area contributed by atoms with Crippen LogP contribution in [0, 0.1) is 0 Å². The van der Waals surface area contributed by atoms with Gasteiger partial charge in [-0.2, -0.15) is 13.2 Å². The topological polar surface area (TPSA) is 67.9 Å². The van der Waals surface area contributed by atoms with Gasteiger partial charge < -0.3 is 19.7 Å². The number of ether oxygens (including phenoxy) is 2. The molecule has 0 saturated heterocycles. The second-order valence-electron chi connectivity index (χ2n) is 6.39. The van der Waals surface area contributed by atoms with Crippen molar-refractivity contribution in [1.82, 2.24) is 4.90 Å². The van der Waals surface area contributed by atoms with E-state index in [0.717, 1.165) is 6.07 Å². The summed E-state index contributed by atoms with van der Waals surface area (Å²) in [6.07, 6.45) is -1.75. The molecule has 0 atom stereocenters. The number of fused-ring (bicyclic) bond motifs is 1. The van der Waals surface area contributed by atoms with Crippen LogP contribution in [0.4, 0.5) is 18.9 Å². The van der Waals surface area contributed by atoms with Gasteiger partial charge in [0.1, 0.15) is 6.54 Å². The molecule has 0 aromatic heterocycles. The zero-order chi connectivity index (χ0) is 21.7. The first-order chi connectivity index (χ1) is 14.3. The number of alkyl halides is 3. The van der Waals surface area contributed by atoms with Gasteiger partial charge >= 0.3 is 6.18 Å². The van der Waals surface area contributed by atoms with Crippen molar-refractivity contribution in [1.29, 1.82) is 0 Å². The zero-order valence-electron chi connectivity index (χ0n) is 16.0. The predicted octanol–water partition coefficient (Wildman–Crippen LogP) is 3.93. The maximum atomic E-state index is 13.1. The standard InChI is InChI=1S/C21H19F3N2O4/c1-2-26(12-19(27)25-16-6-4-3-5-15(16)21(22,23)24)20(28)10-8-14-7-9-17-18(11-14)30-13-29-17/h3-11H,2,12-13H2,1H3,(H,25,27)/b10-8+. The van der Waals surface area contributed by atoms with E-state index in [1.54, 1.807) is 31.2 Å². The normalized spacial score (nSPS) is 12.8. The molecule has 6 nitrogen and oxygen atoms in total. The van der Waals surface area contributed by atoms with Crippen molar-refractivity contribution in [3.05, 3.63) is 59.7 Å². The number of carbonyl (C=O) groups is 2. The van der Waals surface area contributed by atoms with E-state index in [9.17, 15) is 22.8 Å². The highest BCUT2D eigenvalue weighted by Crippen LogP contribution is 2.34. The number of halogens is 3. The van der Waals surface area contributed by atoms with Crippen molar-refractivity contribution < 1.29 is 32.2 Å². The number of nitrogens with zero attached hydrogens (tertiary/aromatic N) is 1. The van der Waals surface area contributed by atoms with Crippen LogP contribution in [0.15, 0.2) is 48.5 Å². The van der Waals surface area contributed by atoms with E-state index < -0.39 is 23.6 Å². The Bertz CT molecular complexity index is 973. The van der Waals surface area contributed by atoms with Crippen LogP contribution in [-0.2, 0) is 15.8 Å². The van der Waals surface area contributed by atoms with Crippen molar-refractivity contribution in [3.8, 4) is 11.5 Å². The average molecular weight is 420 g/mol. The molecule has 3 rings (SSSR count). The Morgan fingerprint density at radius 1 is 1.13 bits per heavy atom. The Balaban J connectivity index is 1.63. The van der Waals surface area contributed by atoms with E-state index in [1.165, 1.54) is 29.2 Å². The fourth-order valence-electron chi connectivity index (χ4n) is 2.84. The molecule has 0 radical (unpaired) electrons. The number of anilines is 1. The van der Waals surface area contributed by atoms with Crippen molar-refractivity contribution in [2.75, 3.05) is 25.2 Å². The summed E-state index contributed by atoms with van der Waals surface area (Å²) in [7, 11) is 0. The highest BCUT2D eigenvalue weighted by atomic mass is 19.4. The fourth-order valence-corrected chi connectivity index (χ4v) is 2.84. The Morgan fingerprint density at radius 3 is 2.60 bits per heavy atom. The molecule has 2 amide bonds. The highest BCUT2D eigenvalue weighted by Gasteiger charge is 2.33. The summed E-state index contributed by atoms with van der Waals surface area (Å²) in [4.78, 5) is 25.9. The van der Waals surface area contributed by atoms with Gasteiger partial charge in [0.15, 0.2) is 11.5 Å². The molecule has 0 spiro atoms. The van der Waals surface area contributed by atoms with Crippen molar-refractivity contribution in [2.45, 2.75) is 13.1 Å². The Labute approximate surface area is 170 Å². The maximum absolute atomic E-state index is 13.1. The van der Waals surface area contributed by atoms with Gasteiger partial charge in [0.2, 0.25) is 18.6 Å². The van der Waals surface area contributed by atoms with Gasteiger partial charge in [-0.25, -0.2) is 0 Å². The first-order valence-electron chi connectivity index (χ1n) is 9.10. The molecule has 1 heterocycles. The molecule has 0 saturated carbocycles. The molecule has 0 aliphatic carbocycles. The lowest BCUT2D eigenvalue weighted by molar-refractivity contribution is -0.137. The molecule has 2 aromatic rings. The molecule has 0 fully saturated rings. The van der Waals surface area contributed by atoms with E-state index >= 15 is 0 Å². The van der Waals surface area contributed by atoms with Crippen LogP contribution in [0.5, 0.6) is 11.5 Å².